The molecule has 0 aromatic carbocycles. The molecule has 0 saturated carbocycles. The first-order chi connectivity index (χ1) is 8.36. The lowest BCUT2D eigenvalue weighted by Crippen LogP contribution is -2.45. The van der Waals surface area contributed by atoms with Crippen molar-refractivity contribution in [2.45, 2.75) is 30.9 Å². The molecular weight excluding hydrogens is 214 g/mol. The van der Waals surface area contributed by atoms with Crippen molar-refractivity contribution in [1.82, 2.24) is 10.3 Å². The average Bonchev–Trinajstić information content (AvgIpc) is 2.74. The van der Waals surface area contributed by atoms with E-state index in [0.717, 1.165) is 31.8 Å². The van der Waals surface area contributed by atoms with Crippen LogP contribution in [-0.4, -0.2) is 36.3 Å². The molecule has 92 valence electrons. The summed E-state index contributed by atoms with van der Waals surface area (Å²) in [4.78, 5) is 4.12. The summed E-state index contributed by atoms with van der Waals surface area (Å²) < 4.78 is 6.02. The summed E-state index contributed by atoms with van der Waals surface area (Å²) in [6, 6.07) is 4.42. The molecule has 3 rings (SSSR count). The van der Waals surface area contributed by atoms with Gasteiger partial charge in [-0.1, -0.05) is 0 Å². The van der Waals surface area contributed by atoms with Crippen LogP contribution in [0, 0.1) is 0 Å². The summed E-state index contributed by atoms with van der Waals surface area (Å²) in [5, 5.41) is 6.93. The van der Waals surface area contributed by atoms with E-state index >= 15 is 0 Å². The molecule has 2 saturated heterocycles. The van der Waals surface area contributed by atoms with Gasteiger partial charge in [-0.25, -0.2) is 0 Å². The largest absolute Gasteiger partial charge is 0.379 e. The number of ether oxygens (including phenoxy) is 1. The Bertz CT molecular complexity index is 362. The van der Waals surface area contributed by atoms with Gasteiger partial charge in [-0.15, -0.1) is 0 Å². The van der Waals surface area contributed by atoms with Crippen LogP contribution >= 0.6 is 0 Å². The Balaban J connectivity index is 1.60. The van der Waals surface area contributed by atoms with Crippen LogP contribution in [0.3, 0.4) is 0 Å². The second-order valence-corrected chi connectivity index (χ2v) is 5.06. The Morgan fingerprint density at radius 1 is 1.53 bits per heavy atom. The summed E-state index contributed by atoms with van der Waals surface area (Å²) in [6.07, 6.45) is 7.16. The number of nitrogens with one attached hydrogen (secondary N) is 2. The maximum Gasteiger partial charge on any atom is 0.0828 e. The van der Waals surface area contributed by atoms with Crippen molar-refractivity contribution in [3.05, 3.63) is 24.5 Å². The van der Waals surface area contributed by atoms with Crippen molar-refractivity contribution >= 4 is 5.69 Å². The van der Waals surface area contributed by atoms with Crippen LogP contribution < -0.4 is 10.6 Å². The number of nitrogens with zero attached hydrogens (tertiary/aromatic N) is 1. The molecule has 1 aromatic rings. The van der Waals surface area contributed by atoms with Gasteiger partial charge in [0.25, 0.3) is 0 Å². The van der Waals surface area contributed by atoms with Gasteiger partial charge in [-0.3, -0.25) is 4.98 Å². The lowest BCUT2D eigenvalue weighted by molar-refractivity contribution is -0.0138. The first kappa shape index (κ1) is 11.0. The molecule has 3 heterocycles. The zero-order chi connectivity index (χ0) is 11.6. The summed E-state index contributed by atoms with van der Waals surface area (Å²) >= 11 is 0. The van der Waals surface area contributed by atoms with E-state index in [1.807, 2.05) is 12.3 Å². The van der Waals surface area contributed by atoms with Gasteiger partial charge in [-0.05, 0) is 37.9 Å². The Kier molecular flexibility index (Phi) is 2.99. The van der Waals surface area contributed by atoms with Crippen molar-refractivity contribution in [2.75, 3.05) is 25.0 Å². The highest BCUT2D eigenvalue weighted by atomic mass is 16.5. The van der Waals surface area contributed by atoms with Gasteiger partial charge in [0, 0.05) is 18.9 Å². The number of piperidine rings is 1. The normalized spacial score (nSPS) is 32.8. The Labute approximate surface area is 102 Å². The maximum absolute atomic E-state index is 6.02. The zero-order valence-electron chi connectivity index (χ0n) is 9.98. The van der Waals surface area contributed by atoms with E-state index in [0.29, 0.717) is 6.04 Å². The van der Waals surface area contributed by atoms with Gasteiger partial charge in [0.2, 0.25) is 0 Å². The van der Waals surface area contributed by atoms with Gasteiger partial charge in [0.05, 0.1) is 23.9 Å². The standard InChI is InChI=1S/C13H19N3O/c1-3-11(8-14-5-1)16-12-7-13(17-9-12)4-2-6-15-10-13/h1,3,5,8,12,15-16H,2,4,6-7,9-10H2/t12-,13-/m1/s1. The lowest BCUT2D eigenvalue weighted by Gasteiger charge is -2.33. The van der Waals surface area contributed by atoms with Crippen LogP contribution in [0.25, 0.3) is 0 Å². The van der Waals surface area contributed by atoms with Gasteiger partial charge in [0.1, 0.15) is 0 Å². The van der Waals surface area contributed by atoms with E-state index in [1.165, 1.54) is 12.8 Å². The molecule has 4 nitrogen and oxygen atoms in total. The third-order valence-corrected chi connectivity index (χ3v) is 3.67. The molecule has 1 aromatic heterocycles. The fourth-order valence-electron chi connectivity index (χ4n) is 2.86. The van der Waals surface area contributed by atoms with Crippen LogP contribution in [0.15, 0.2) is 24.5 Å². The van der Waals surface area contributed by atoms with Crippen LogP contribution in [0.2, 0.25) is 0 Å². The first-order valence-electron chi connectivity index (χ1n) is 6.38. The number of anilines is 1. The Morgan fingerprint density at radius 3 is 3.29 bits per heavy atom. The van der Waals surface area contributed by atoms with Crippen LogP contribution in [0.5, 0.6) is 0 Å². The summed E-state index contributed by atoms with van der Waals surface area (Å²) in [5.74, 6) is 0. The topological polar surface area (TPSA) is 46.2 Å². The molecule has 0 aliphatic carbocycles. The van der Waals surface area contributed by atoms with Crippen molar-refractivity contribution < 1.29 is 4.74 Å². The third-order valence-electron chi connectivity index (χ3n) is 3.67. The van der Waals surface area contributed by atoms with Crippen molar-refractivity contribution in [2.24, 2.45) is 0 Å². The highest BCUT2D eigenvalue weighted by Crippen LogP contribution is 2.33. The number of pyridine rings is 1. The number of hydrogen-bond donors (Lipinski definition) is 2. The average molecular weight is 233 g/mol. The van der Waals surface area contributed by atoms with E-state index in [4.69, 9.17) is 4.74 Å². The van der Waals surface area contributed by atoms with Gasteiger partial charge >= 0.3 is 0 Å². The fourth-order valence-corrected chi connectivity index (χ4v) is 2.86. The van der Waals surface area contributed by atoms with Gasteiger partial charge in [0.15, 0.2) is 0 Å². The molecule has 2 aliphatic rings. The van der Waals surface area contributed by atoms with Crippen LogP contribution in [0.1, 0.15) is 19.3 Å². The molecule has 0 unspecified atom stereocenters. The van der Waals surface area contributed by atoms with Crippen LogP contribution in [-0.2, 0) is 4.74 Å². The minimum atomic E-state index is 0.0815. The molecule has 2 N–H and O–H groups in total. The smallest absolute Gasteiger partial charge is 0.0828 e. The number of aromatic nitrogens is 1. The van der Waals surface area contributed by atoms with Gasteiger partial charge < -0.3 is 15.4 Å². The number of rotatable bonds is 2. The van der Waals surface area contributed by atoms with E-state index in [1.54, 1.807) is 6.20 Å². The van der Waals surface area contributed by atoms with Crippen molar-refractivity contribution in [3.63, 3.8) is 0 Å². The van der Waals surface area contributed by atoms with E-state index in [-0.39, 0.29) is 5.60 Å². The lowest BCUT2D eigenvalue weighted by atomic mass is 9.90. The predicted octanol–water partition coefficient (Wildman–Crippen LogP) is 1.40. The fraction of sp³-hybridized carbons (Fsp3) is 0.615. The summed E-state index contributed by atoms with van der Waals surface area (Å²) in [5.41, 5.74) is 1.17. The molecule has 2 fully saturated rings. The minimum absolute atomic E-state index is 0.0815. The third kappa shape index (κ3) is 2.42. The van der Waals surface area contributed by atoms with Crippen molar-refractivity contribution in [1.29, 1.82) is 0 Å². The molecular formula is C13H19N3O. The highest BCUT2D eigenvalue weighted by molar-refractivity contribution is 5.41. The monoisotopic (exact) mass is 233 g/mol. The highest BCUT2D eigenvalue weighted by Gasteiger charge is 2.41. The summed E-state index contributed by atoms with van der Waals surface area (Å²) in [7, 11) is 0. The van der Waals surface area contributed by atoms with Crippen molar-refractivity contribution in [3.8, 4) is 0 Å². The minimum Gasteiger partial charge on any atom is -0.379 e. The molecule has 17 heavy (non-hydrogen) atoms. The molecule has 1 spiro atoms. The first-order valence-corrected chi connectivity index (χ1v) is 6.38. The second kappa shape index (κ2) is 4.63. The summed E-state index contributed by atoms with van der Waals surface area (Å²) in [6.45, 7) is 2.93. The van der Waals surface area contributed by atoms with Crippen LogP contribution in [0.4, 0.5) is 5.69 Å². The number of hydrogen-bond acceptors (Lipinski definition) is 4. The zero-order valence-corrected chi connectivity index (χ0v) is 9.98. The van der Waals surface area contributed by atoms with E-state index < -0.39 is 0 Å². The molecule has 0 amide bonds. The SMILES string of the molecule is c1cncc(N[C@H]2CO[C@]3(CCCNC3)C2)c1. The Morgan fingerprint density at radius 2 is 2.53 bits per heavy atom. The molecule has 0 radical (unpaired) electrons. The van der Waals surface area contributed by atoms with E-state index in [9.17, 15) is 0 Å². The quantitative estimate of drug-likeness (QED) is 0.810. The molecule has 0 bridgehead atoms. The van der Waals surface area contributed by atoms with E-state index in [2.05, 4.69) is 21.7 Å². The molecule has 2 aliphatic heterocycles. The molecule has 2 atom stereocenters. The maximum atomic E-state index is 6.02. The Hall–Kier alpha value is -1.13. The predicted molar refractivity (Wildman–Crippen MR) is 67.1 cm³/mol. The second-order valence-electron chi connectivity index (χ2n) is 5.06. The van der Waals surface area contributed by atoms with Gasteiger partial charge in [-0.2, -0.15) is 0 Å². The molecule has 4 heteroatoms.